The van der Waals surface area contributed by atoms with Gasteiger partial charge in [0, 0.05) is 19.5 Å². The molecule has 1 heterocycles. The van der Waals surface area contributed by atoms with Gasteiger partial charge in [0.25, 0.3) is 0 Å². The quantitative estimate of drug-likeness (QED) is 0.479. The number of carbonyl (C=O) groups is 2. The van der Waals surface area contributed by atoms with E-state index in [0.29, 0.717) is 26.1 Å². The molecule has 1 aliphatic heterocycles. The predicted molar refractivity (Wildman–Crippen MR) is 139 cm³/mol. The Hall–Kier alpha value is -3.80. The standard InChI is InChI=1S/C30H34N2O4/c1-30(2,3)21-32-18-25-16-26(35-19-22-10-6-4-7-11-22)15-14-24(25)17-27(28(32)33)31-29(34)36-20-23-12-8-5-9-13-23/h4-16,27H,17-21H2,1-3H3,(H,31,34)/t27-/m0/s1. The van der Waals surface area contributed by atoms with E-state index in [1.54, 1.807) is 0 Å². The first-order chi connectivity index (χ1) is 17.3. The van der Waals surface area contributed by atoms with Crippen LogP contribution < -0.4 is 10.1 Å². The maximum absolute atomic E-state index is 13.5. The first-order valence-electron chi connectivity index (χ1n) is 12.3. The molecule has 3 aromatic rings. The van der Waals surface area contributed by atoms with Crippen LogP contribution in [-0.4, -0.2) is 29.5 Å². The second-order valence-corrected chi connectivity index (χ2v) is 10.4. The number of rotatable bonds is 7. The highest BCUT2D eigenvalue weighted by Crippen LogP contribution is 2.27. The SMILES string of the molecule is CC(C)(C)CN1Cc2cc(OCc3ccccc3)ccc2C[C@H](NC(=O)OCc2ccccc2)C1=O. The molecule has 0 aliphatic carbocycles. The average molecular weight is 487 g/mol. The van der Waals surface area contributed by atoms with Gasteiger partial charge < -0.3 is 19.7 Å². The lowest BCUT2D eigenvalue weighted by Crippen LogP contribution is -2.49. The van der Waals surface area contributed by atoms with Crippen molar-refractivity contribution >= 4 is 12.0 Å². The molecule has 0 saturated carbocycles. The molecule has 0 radical (unpaired) electrons. The molecule has 1 atom stereocenters. The Morgan fingerprint density at radius 2 is 1.56 bits per heavy atom. The Labute approximate surface area is 213 Å². The van der Waals surface area contributed by atoms with Crippen LogP contribution in [0.3, 0.4) is 0 Å². The number of amides is 2. The third kappa shape index (κ3) is 7.11. The van der Waals surface area contributed by atoms with Crippen molar-refractivity contribution < 1.29 is 19.1 Å². The Bertz CT molecular complexity index is 1170. The van der Waals surface area contributed by atoms with E-state index in [1.807, 2.05) is 83.8 Å². The van der Waals surface area contributed by atoms with Crippen LogP contribution in [0.5, 0.6) is 5.75 Å². The highest BCUT2D eigenvalue weighted by Gasteiger charge is 2.33. The van der Waals surface area contributed by atoms with Gasteiger partial charge in [-0.2, -0.15) is 0 Å². The van der Waals surface area contributed by atoms with Crippen molar-refractivity contribution in [2.75, 3.05) is 6.54 Å². The van der Waals surface area contributed by atoms with Crippen molar-refractivity contribution in [1.29, 1.82) is 0 Å². The molecule has 0 aromatic heterocycles. The zero-order valence-electron chi connectivity index (χ0n) is 21.2. The molecule has 1 aliphatic rings. The number of hydrogen-bond donors (Lipinski definition) is 1. The Morgan fingerprint density at radius 3 is 2.19 bits per heavy atom. The van der Waals surface area contributed by atoms with Crippen LogP contribution in [0.1, 0.15) is 43.0 Å². The lowest BCUT2D eigenvalue weighted by Gasteiger charge is -2.31. The summed E-state index contributed by atoms with van der Waals surface area (Å²) in [5.74, 6) is 0.652. The minimum Gasteiger partial charge on any atom is -0.489 e. The van der Waals surface area contributed by atoms with Crippen LogP contribution in [0, 0.1) is 5.41 Å². The van der Waals surface area contributed by atoms with E-state index in [1.165, 1.54) is 0 Å². The van der Waals surface area contributed by atoms with Crippen molar-refractivity contribution in [2.24, 2.45) is 5.41 Å². The number of hydrogen-bond acceptors (Lipinski definition) is 4. The first kappa shape index (κ1) is 25.3. The number of nitrogens with zero attached hydrogens (tertiary/aromatic N) is 1. The summed E-state index contributed by atoms with van der Waals surface area (Å²) in [6, 6.07) is 24.7. The third-order valence-electron chi connectivity index (χ3n) is 5.99. The van der Waals surface area contributed by atoms with Gasteiger partial charge in [-0.15, -0.1) is 0 Å². The fourth-order valence-electron chi connectivity index (χ4n) is 4.32. The topological polar surface area (TPSA) is 67.9 Å². The van der Waals surface area contributed by atoms with E-state index in [2.05, 4.69) is 26.1 Å². The van der Waals surface area contributed by atoms with Crippen LogP contribution in [0.2, 0.25) is 0 Å². The van der Waals surface area contributed by atoms with Gasteiger partial charge in [-0.3, -0.25) is 4.79 Å². The number of alkyl carbamates (subject to hydrolysis) is 1. The van der Waals surface area contributed by atoms with Crippen LogP contribution in [-0.2, 0) is 35.7 Å². The largest absolute Gasteiger partial charge is 0.489 e. The van der Waals surface area contributed by atoms with Gasteiger partial charge in [0.1, 0.15) is 25.0 Å². The first-order valence-corrected chi connectivity index (χ1v) is 12.3. The fourth-order valence-corrected chi connectivity index (χ4v) is 4.32. The van der Waals surface area contributed by atoms with Crippen molar-refractivity contribution in [3.05, 3.63) is 101 Å². The molecule has 0 unspecified atom stereocenters. The molecule has 0 saturated heterocycles. The van der Waals surface area contributed by atoms with Crippen LogP contribution >= 0.6 is 0 Å². The van der Waals surface area contributed by atoms with Gasteiger partial charge in [-0.1, -0.05) is 87.5 Å². The molecule has 2 amide bonds. The van der Waals surface area contributed by atoms with E-state index in [4.69, 9.17) is 9.47 Å². The number of fused-ring (bicyclic) bond motifs is 1. The summed E-state index contributed by atoms with van der Waals surface area (Å²) in [5.41, 5.74) is 3.93. The summed E-state index contributed by atoms with van der Waals surface area (Å²) in [7, 11) is 0. The van der Waals surface area contributed by atoms with Gasteiger partial charge in [0.2, 0.25) is 5.91 Å². The maximum Gasteiger partial charge on any atom is 0.408 e. The average Bonchev–Trinajstić information content (AvgIpc) is 2.98. The lowest BCUT2D eigenvalue weighted by atomic mass is 9.95. The fraction of sp³-hybridized carbons (Fsp3) is 0.333. The van der Waals surface area contributed by atoms with Crippen LogP contribution in [0.25, 0.3) is 0 Å². The van der Waals surface area contributed by atoms with E-state index in [9.17, 15) is 9.59 Å². The lowest BCUT2D eigenvalue weighted by molar-refractivity contribution is -0.135. The number of ether oxygens (including phenoxy) is 2. The molecular weight excluding hydrogens is 452 g/mol. The maximum atomic E-state index is 13.5. The zero-order chi connectivity index (χ0) is 25.5. The molecule has 6 nitrogen and oxygen atoms in total. The molecule has 36 heavy (non-hydrogen) atoms. The van der Waals surface area contributed by atoms with Gasteiger partial charge in [-0.25, -0.2) is 4.79 Å². The molecular formula is C30H34N2O4. The molecule has 6 heteroatoms. The summed E-state index contributed by atoms with van der Waals surface area (Å²) < 4.78 is 11.4. The highest BCUT2D eigenvalue weighted by atomic mass is 16.5. The van der Waals surface area contributed by atoms with E-state index in [0.717, 1.165) is 28.0 Å². The summed E-state index contributed by atoms with van der Waals surface area (Å²) >= 11 is 0. The van der Waals surface area contributed by atoms with Crippen molar-refractivity contribution in [2.45, 2.75) is 53.0 Å². The molecule has 3 aromatic carbocycles. The third-order valence-corrected chi connectivity index (χ3v) is 5.99. The summed E-state index contributed by atoms with van der Waals surface area (Å²) in [5, 5.41) is 2.81. The summed E-state index contributed by atoms with van der Waals surface area (Å²) in [4.78, 5) is 27.9. The Kier molecular flexibility index (Phi) is 7.93. The van der Waals surface area contributed by atoms with Crippen molar-refractivity contribution in [3.63, 3.8) is 0 Å². The van der Waals surface area contributed by atoms with Gasteiger partial charge in [-0.05, 0) is 39.8 Å². The smallest absolute Gasteiger partial charge is 0.408 e. The van der Waals surface area contributed by atoms with Gasteiger partial charge in [0.15, 0.2) is 0 Å². The molecule has 4 rings (SSSR count). The van der Waals surface area contributed by atoms with Crippen LogP contribution in [0.15, 0.2) is 78.9 Å². The highest BCUT2D eigenvalue weighted by molar-refractivity contribution is 5.86. The minimum atomic E-state index is -0.701. The molecule has 188 valence electrons. The Balaban J connectivity index is 1.49. The number of benzene rings is 3. The second kappa shape index (κ2) is 11.3. The van der Waals surface area contributed by atoms with Crippen molar-refractivity contribution in [3.8, 4) is 5.75 Å². The molecule has 1 N–H and O–H groups in total. The van der Waals surface area contributed by atoms with Crippen molar-refractivity contribution in [1.82, 2.24) is 10.2 Å². The normalized spacial score (nSPS) is 15.6. The second-order valence-electron chi connectivity index (χ2n) is 10.4. The van der Waals surface area contributed by atoms with Gasteiger partial charge >= 0.3 is 6.09 Å². The van der Waals surface area contributed by atoms with Crippen LogP contribution in [0.4, 0.5) is 4.79 Å². The molecule has 0 spiro atoms. The summed E-state index contributed by atoms with van der Waals surface area (Å²) in [6.07, 6.45) is -0.201. The van der Waals surface area contributed by atoms with Gasteiger partial charge in [0.05, 0.1) is 0 Å². The van der Waals surface area contributed by atoms with E-state index in [-0.39, 0.29) is 17.9 Å². The molecule has 0 bridgehead atoms. The predicted octanol–water partition coefficient (Wildman–Crippen LogP) is 5.49. The van der Waals surface area contributed by atoms with E-state index < -0.39 is 12.1 Å². The monoisotopic (exact) mass is 486 g/mol. The number of carbonyl (C=O) groups excluding carboxylic acids is 2. The summed E-state index contributed by atoms with van der Waals surface area (Å²) in [6.45, 7) is 7.95. The number of nitrogens with one attached hydrogen (secondary N) is 1. The molecule has 0 fully saturated rings. The van der Waals surface area contributed by atoms with E-state index >= 15 is 0 Å². The minimum absolute atomic E-state index is 0.0973. The zero-order valence-corrected chi connectivity index (χ0v) is 21.2. The Morgan fingerprint density at radius 1 is 0.917 bits per heavy atom.